The lowest BCUT2D eigenvalue weighted by Crippen LogP contribution is -2.12. The van der Waals surface area contributed by atoms with Gasteiger partial charge in [0.1, 0.15) is 18.2 Å². The molecule has 7 heteroatoms. The third kappa shape index (κ3) is 4.13. The molecule has 3 aromatic carbocycles. The van der Waals surface area contributed by atoms with Gasteiger partial charge < -0.3 is 9.30 Å². The fourth-order valence-corrected chi connectivity index (χ4v) is 4.97. The molecular formula is C25H25N3O3S. The number of benzene rings is 3. The van der Waals surface area contributed by atoms with E-state index in [-0.39, 0.29) is 4.90 Å². The number of primary sulfonamides is 1. The molecule has 1 heterocycles. The van der Waals surface area contributed by atoms with Crippen molar-refractivity contribution in [3.8, 4) is 17.1 Å². The number of hydrogen-bond donors (Lipinski definition) is 1. The molecule has 4 aromatic rings. The van der Waals surface area contributed by atoms with Crippen LogP contribution in [0.3, 0.4) is 0 Å². The van der Waals surface area contributed by atoms with Crippen LogP contribution in [0.2, 0.25) is 0 Å². The van der Waals surface area contributed by atoms with Crippen LogP contribution in [-0.4, -0.2) is 18.0 Å². The molecule has 0 atom stereocenters. The van der Waals surface area contributed by atoms with Crippen molar-refractivity contribution in [1.29, 1.82) is 0 Å². The molecule has 2 N–H and O–H groups in total. The number of aromatic nitrogens is 2. The zero-order valence-electron chi connectivity index (χ0n) is 17.6. The van der Waals surface area contributed by atoms with E-state index in [4.69, 9.17) is 14.9 Å². The smallest absolute Gasteiger partial charge is 0.238 e. The molecule has 1 fully saturated rings. The first-order valence-electron chi connectivity index (χ1n) is 10.8. The zero-order chi connectivity index (χ0) is 22.1. The Morgan fingerprint density at radius 3 is 2.38 bits per heavy atom. The fourth-order valence-electron chi connectivity index (χ4n) is 4.43. The van der Waals surface area contributed by atoms with Gasteiger partial charge in [-0.25, -0.2) is 18.5 Å². The van der Waals surface area contributed by atoms with Gasteiger partial charge in [0, 0.05) is 11.6 Å². The number of nitrogens with two attached hydrogens (primary N) is 1. The largest absolute Gasteiger partial charge is 0.489 e. The summed E-state index contributed by atoms with van der Waals surface area (Å²) in [5.74, 6) is 1.63. The van der Waals surface area contributed by atoms with Crippen LogP contribution in [-0.2, 0) is 16.6 Å². The summed E-state index contributed by atoms with van der Waals surface area (Å²) in [7, 11) is -3.78. The molecule has 0 radical (unpaired) electrons. The lowest BCUT2D eigenvalue weighted by molar-refractivity contribution is 0.306. The van der Waals surface area contributed by atoms with E-state index in [9.17, 15) is 8.42 Å². The number of hydrogen-bond acceptors (Lipinski definition) is 4. The molecule has 1 aliphatic carbocycles. The van der Waals surface area contributed by atoms with Crippen LogP contribution in [0.5, 0.6) is 5.75 Å². The number of imidazole rings is 1. The predicted molar refractivity (Wildman–Crippen MR) is 125 cm³/mol. The lowest BCUT2D eigenvalue weighted by atomic mass is 10.1. The number of ether oxygens (including phenoxy) is 1. The molecule has 0 amide bonds. The molecule has 0 spiro atoms. The van der Waals surface area contributed by atoms with Gasteiger partial charge in [-0.15, -0.1) is 0 Å². The Morgan fingerprint density at radius 1 is 0.969 bits per heavy atom. The molecule has 1 saturated carbocycles. The Balaban J connectivity index is 1.50. The summed E-state index contributed by atoms with van der Waals surface area (Å²) in [6.45, 7) is 0.511. The summed E-state index contributed by atoms with van der Waals surface area (Å²) in [6, 6.07) is 23.3. The molecule has 0 saturated heterocycles. The standard InChI is InChI=1S/C25H25N3O3S/c26-32(29,30)22-14-15-24-23(16-22)27-25(28(24)20-8-4-5-9-20)19-10-12-21(13-11-19)31-17-18-6-2-1-3-7-18/h1-3,6-7,10-16,20H,4-5,8-9,17H2,(H2,26,29,30). The minimum atomic E-state index is -3.78. The second-order valence-electron chi connectivity index (χ2n) is 8.24. The van der Waals surface area contributed by atoms with E-state index in [0.29, 0.717) is 18.2 Å². The normalized spacial score (nSPS) is 14.8. The van der Waals surface area contributed by atoms with E-state index in [2.05, 4.69) is 4.57 Å². The van der Waals surface area contributed by atoms with Gasteiger partial charge in [0.05, 0.1) is 15.9 Å². The molecule has 5 rings (SSSR count). The van der Waals surface area contributed by atoms with E-state index in [0.717, 1.165) is 41.1 Å². The Bertz CT molecular complexity index is 1340. The van der Waals surface area contributed by atoms with Crippen molar-refractivity contribution in [2.24, 2.45) is 5.14 Å². The second kappa shape index (κ2) is 8.41. The molecule has 6 nitrogen and oxygen atoms in total. The van der Waals surface area contributed by atoms with Crippen LogP contribution >= 0.6 is 0 Å². The van der Waals surface area contributed by atoms with E-state index < -0.39 is 10.0 Å². The summed E-state index contributed by atoms with van der Waals surface area (Å²) in [4.78, 5) is 4.91. The highest BCUT2D eigenvalue weighted by Gasteiger charge is 2.24. The second-order valence-corrected chi connectivity index (χ2v) is 9.80. The van der Waals surface area contributed by atoms with E-state index in [1.807, 2.05) is 60.7 Å². The van der Waals surface area contributed by atoms with Crippen molar-refractivity contribution < 1.29 is 13.2 Å². The lowest BCUT2D eigenvalue weighted by Gasteiger charge is -2.17. The van der Waals surface area contributed by atoms with Gasteiger partial charge in [-0.3, -0.25) is 0 Å². The van der Waals surface area contributed by atoms with Gasteiger partial charge in [0.25, 0.3) is 0 Å². The Kier molecular flexibility index (Phi) is 5.45. The van der Waals surface area contributed by atoms with Gasteiger partial charge in [-0.05, 0) is 60.9 Å². The predicted octanol–water partition coefficient (Wildman–Crippen LogP) is 5.04. The van der Waals surface area contributed by atoms with Gasteiger partial charge in [0.15, 0.2) is 0 Å². The molecule has 164 valence electrons. The highest BCUT2D eigenvalue weighted by Crippen LogP contribution is 2.37. The van der Waals surface area contributed by atoms with E-state index in [1.165, 1.54) is 12.8 Å². The monoisotopic (exact) mass is 447 g/mol. The van der Waals surface area contributed by atoms with Crippen LogP contribution < -0.4 is 9.88 Å². The number of fused-ring (bicyclic) bond motifs is 1. The van der Waals surface area contributed by atoms with Crippen LogP contribution in [0.1, 0.15) is 37.3 Å². The quantitative estimate of drug-likeness (QED) is 0.448. The van der Waals surface area contributed by atoms with Gasteiger partial charge in [-0.2, -0.15) is 0 Å². The maximum absolute atomic E-state index is 11.8. The fraction of sp³-hybridized carbons (Fsp3) is 0.240. The van der Waals surface area contributed by atoms with Crippen LogP contribution in [0, 0.1) is 0 Å². The highest BCUT2D eigenvalue weighted by atomic mass is 32.2. The zero-order valence-corrected chi connectivity index (χ0v) is 18.5. The Labute approximate surface area is 187 Å². The Morgan fingerprint density at radius 2 is 1.69 bits per heavy atom. The summed E-state index contributed by atoms with van der Waals surface area (Å²) in [5.41, 5.74) is 3.66. The van der Waals surface area contributed by atoms with Crippen LogP contribution in [0.25, 0.3) is 22.4 Å². The van der Waals surface area contributed by atoms with Crippen LogP contribution in [0.4, 0.5) is 0 Å². The highest BCUT2D eigenvalue weighted by molar-refractivity contribution is 7.89. The summed E-state index contributed by atoms with van der Waals surface area (Å²) >= 11 is 0. The maximum Gasteiger partial charge on any atom is 0.238 e. The molecule has 1 aliphatic rings. The molecular weight excluding hydrogens is 422 g/mol. The first kappa shape index (κ1) is 20.7. The topological polar surface area (TPSA) is 87.2 Å². The third-order valence-corrected chi connectivity index (χ3v) is 6.95. The summed E-state index contributed by atoms with van der Waals surface area (Å²) in [6.07, 6.45) is 4.55. The summed E-state index contributed by atoms with van der Waals surface area (Å²) < 4.78 is 31.8. The SMILES string of the molecule is NS(=O)(=O)c1ccc2c(c1)nc(-c1ccc(OCc3ccccc3)cc1)n2C1CCCC1. The van der Waals surface area contributed by atoms with E-state index in [1.54, 1.807) is 12.1 Å². The van der Waals surface area contributed by atoms with E-state index >= 15 is 0 Å². The third-order valence-electron chi connectivity index (χ3n) is 6.04. The van der Waals surface area contributed by atoms with Crippen molar-refractivity contribution >= 4 is 21.1 Å². The number of nitrogens with zero attached hydrogens (tertiary/aromatic N) is 2. The Hall–Kier alpha value is -3.16. The first-order chi connectivity index (χ1) is 15.5. The average Bonchev–Trinajstić information content (AvgIpc) is 3.45. The molecule has 0 unspecified atom stereocenters. The van der Waals surface area contributed by atoms with Crippen molar-refractivity contribution in [2.75, 3.05) is 0 Å². The van der Waals surface area contributed by atoms with Crippen molar-refractivity contribution in [2.45, 2.75) is 43.2 Å². The molecule has 1 aromatic heterocycles. The maximum atomic E-state index is 11.8. The molecule has 0 aliphatic heterocycles. The van der Waals surface area contributed by atoms with Gasteiger partial charge >= 0.3 is 0 Å². The minimum Gasteiger partial charge on any atom is -0.489 e. The number of sulfonamides is 1. The molecule has 32 heavy (non-hydrogen) atoms. The number of rotatable bonds is 6. The minimum absolute atomic E-state index is 0.0808. The van der Waals surface area contributed by atoms with Crippen molar-refractivity contribution in [3.63, 3.8) is 0 Å². The van der Waals surface area contributed by atoms with Crippen molar-refractivity contribution in [1.82, 2.24) is 9.55 Å². The van der Waals surface area contributed by atoms with Crippen molar-refractivity contribution in [3.05, 3.63) is 78.4 Å². The van der Waals surface area contributed by atoms with Crippen LogP contribution in [0.15, 0.2) is 77.7 Å². The first-order valence-corrected chi connectivity index (χ1v) is 12.4. The van der Waals surface area contributed by atoms with Gasteiger partial charge in [0.2, 0.25) is 10.0 Å². The van der Waals surface area contributed by atoms with Gasteiger partial charge in [-0.1, -0.05) is 43.2 Å². The average molecular weight is 448 g/mol. The summed E-state index contributed by atoms with van der Waals surface area (Å²) in [5, 5.41) is 5.34. The molecule has 0 bridgehead atoms.